The molecule has 0 saturated carbocycles. The fourth-order valence-electron chi connectivity index (χ4n) is 1.88. The smallest absolute Gasteiger partial charge is 0.256 e. The number of ether oxygens (including phenoxy) is 1. The molecule has 1 aromatic heterocycles. The summed E-state index contributed by atoms with van der Waals surface area (Å²) in [7, 11) is 0. The van der Waals surface area contributed by atoms with Gasteiger partial charge in [-0.2, -0.15) is 0 Å². The van der Waals surface area contributed by atoms with Crippen LogP contribution in [0.25, 0.3) is 0 Å². The second-order valence-electron chi connectivity index (χ2n) is 4.56. The molecule has 16 heavy (non-hydrogen) atoms. The third-order valence-electron chi connectivity index (χ3n) is 2.80. The molecule has 0 spiro atoms. The zero-order chi connectivity index (χ0) is 11.6. The number of amides is 1. The van der Waals surface area contributed by atoms with E-state index in [-0.39, 0.29) is 11.4 Å². The number of hydrogen-bond acceptors (Lipinski definition) is 3. The molecule has 1 saturated heterocycles. The van der Waals surface area contributed by atoms with Crippen molar-refractivity contribution >= 4 is 5.91 Å². The number of aromatic nitrogens is 1. The lowest BCUT2D eigenvalue weighted by Crippen LogP contribution is -2.55. The van der Waals surface area contributed by atoms with Crippen molar-refractivity contribution in [3.63, 3.8) is 0 Å². The lowest BCUT2D eigenvalue weighted by atomic mass is 10.0. The number of hydrogen-bond donors (Lipinski definition) is 0. The van der Waals surface area contributed by atoms with E-state index in [0.29, 0.717) is 25.3 Å². The average molecular weight is 220 g/mol. The largest absolute Gasteiger partial charge is 0.377 e. The van der Waals surface area contributed by atoms with Crippen LogP contribution in [0.4, 0.5) is 0 Å². The SMILES string of the molecule is CC1(C)COCCN1C(=O)c1cccnc1. The third-order valence-corrected chi connectivity index (χ3v) is 2.80. The van der Waals surface area contributed by atoms with E-state index >= 15 is 0 Å². The Kier molecular flexibility index (Phi) is 2.92. The van der Waals surface area contributed by atoms with Crippen LogP contribution in [-0.4, -0.2) is 41.1 Å². The molecular weight excluding hydrogens is 204 g/mol. The van der Waals surface area contributed by atoms with Crippen molar-refractivity contribution in [3.05, 3.63) is 30.1 Å². The van der Waals surface area contributed by atoms with Crippen LogP contribution in [0, 0.1) is 0 Å². The Labute approximate surface area is 95.2 Å². The molecule has 86 valence electrons. The fourth-order valence-corrected chi connectivity index (χ4v) is 1.88. The first-order valence-corrected chi connectivity index (χ1v) is 5.41. The molecule has 2 rings (SSSR count). The van der Waals surface area contributed by atoms with Gasteiger partial charge in [0.15, 0.2) is 0 Å². The van der Waals surface area contributed by atoms with E-state index in [9.17, 15) is 4.79 Å². The summed E-state index contributed by atoms with van der Waals surface area (Å²) in [6.07, 6.45) is 3.27. The summed E-state index contributed by atoms with van der Waals surface area (Å²) in [5, 5.41) is 0. The number of morpholine rings is 1. The van der Waals surface area contributed by atoms with Gasteiger partial charge in [0, 0.05) is 18.9 Å². The third kappa shape index (κ3) is 2.07. The van der Waals surface area contributed by atoms with E-state index in [0.717, 1.165) is 0 Å². The lowest BCUT2D eigenvalue weighted by molar-refractivity contribution is -0.0370. The van der Waals surface area contributed by atoms with Gasteiger partial charge in [-0.15, -0.1) is 0 Å². The van der Waals surface area contributed by atoms with Crippen molar-refractivity contribution in [1.29, 1.82) is 0 Å². The van der Waals surface area contributed by atoms with E-state index in [1.54, 1.807) is 24.5 Å². The predicted octanol–water partition coefficient (Wildman–Crippen LogP) is 1.33. The Morgan fingerprint density at radius 1 is 1.56 bits per heavy atom. The number of carbonyl (C=O) groups is 1. The van der Waals surface area contributed by atoms with Crippen LogP contribution < -0.4 is 0 Å². The van der Waals surface area contributed by atoms with Gasteiger partial charge < -0.3 is 9.64 Å². The number of rotatable bonds is 1. The predicted molar refractivity (Wildman–Crippen MR) is 60.2 cm³/mol. The highest BCUT2D eigenvalue weighted by molar-refractivity contribution is 5.94. The summed E-state index contributed by atoms with van der Waals surface area (Å²) < 4.78 is 5.39. The monoisotopic (exact) mass is 220 g/mol. The van der Waals surface area contributed by atoms with Crippen molar-refractivity contribution < 1.29 is 9.53 Å². The van der Waals surface area contributed by atoms with E-state index in [2.05, 4.69) is 4.98 Å². The van der Waals surface area contributed by atoms with Gasteiger partial charge in [0.1, 0.15) is 0 Å². The zero-order valence-corrected chi connectivity index (χ0v) is 9.64. The second kappa shape index (κ2) is 4.22. The van der Waals surface area contributed by atoms with Gasteiger partial charge in [0.25, 0.3) is 5.91 Å². The van der Waals surface area contributed by atoms with E-state index in [1.807, 2.05) is 18.7 Å². The molecule has 1 aliphatic rings. The van der Waals surface area contributed by atoms with Crippen LogP contribution in [0.5, 0.6) is 0 Å². The van der Waals surface area contributed by atoms with Crippen LogP contribution in [-0.2, 0) is 4.74 Å². The molecule has 0 N–H and O–H groups in total. The minimum atomic E-state index is -0.245. The van der Waals surface area contributed by atoms with Gasteiger partial charge in [0.2, 0.25) is 0 Å². The van der Waals surface area contributed by atoms with Crippen molar-refractivity contribution in [2.75, 3.05) is 19.8 Å². The summed E-state index contributed by atoms with van der Waals surface area (Å²) in [4.78, 5) is 18.1. The summed E-state index contributed by atoms with van der Waals surface area (Å²) in [5.74, 6) is 0.0291. The highest BCUT2D eigenvalue weighted by atomic mass is 16.5. The normalized spacial score (nSPS) is 19.5. The number of carbonyl (C=O) groups excluding carboxylic acids is 1. The van der Waals surface area contributed by atoms with Gasteiger partial charge in [-0.05, 0) is 26.0 Å². The molecule has 0 atom stereocenters. The van der Waals surface area contributed by atoms with Crippen LogP contribution in [0.2, 0.25) is 0 Å². The van der Waals surface area contributed by atoms with Crippen molar-refractivity contribution in [2.45, 2.75) is 19.4 Å². The van der Waals surface area contributed by atoms with Crippen molar-refractivity contribution in [1.82, 2.24) is 9.88 Å². The standard InChI is InChI=1S/C12H16N2O2/c1-12(2)9-16-7-6-14(12)11(15)10-4-3-5-13-8-10/h3-5,8H,6-7,9H2,1-2H3. The molecule has 4 nitrogen and oxygen atoms in total. The van der Waals surface area contributed by atoms with E-state index < -0.39 is 0 Å². The van der Waals surface area contributed by atoms with Crippen LogP contribution in [0.3, 0.4) is 0 Å². The van der Waals surface area contributed by atoms with Gasteiger partial charge in [-0.1, -0.05) is 0 Å². The van der Waals surface area contributed by atoms with Gasteiger partial charge >= 0.3 is 0 Å². The molecule has 1 fully saturated rings. The quantitative estimate of drug-likeness (QED) is 0.717. The van der Waals surface area contributed by atoms with E-state index in [1.165, 1.54) is 0 Å². The maximum atomic E-state index is 12.2. The topological polar surface area (TPSA) is 42.4 Å². The number of nitrogens with zero attached hydrogens (tertiary/aromatic N) is 2. The molecule has 1 amide bonds. The van der Waals surface area contributed by atoms with Gasteiger partial charge in [0.05, 0.1) is 24.3 Å². The first-order chi connectivity index (χ1) is 7.61. The summed E-state index contributed by atoms with van der Waals surface area (Å²) in [6.45, 7) is 5.86. The molecule has 0 aromatic carbocycles. The maximum absolute atomic E-state index is 12.2. The summed E-state index contributed by atoms with van der Waals surface area (Å²) in [5.41, 5.74) is 0.392. The molecule has 0 radical (unpaired) electrons. The van der Waals surface area contributed by atoms with Crippen LogP contribution in [0.1, 0.15) is 24.2 Å². The molecule has 2 heterocycles. The fraction of sp³-hybridized carbons (Fsp3) is 0.500. The highest BCUT2D eigenvalue weighted by Gasteiger charge is 2.34. The van der Waals surface area contributed by atoms with Gasteiger partial charge in [-0.25, -0.2) is 0 Å². The summed E-state index contributed by atoms with van der Waals surface area (Å²) >= 11 is 0. The molecule has 1 aromatic rings. The first kappa shape index (κ1) is 11.1. The van der Waals surface area contributed by atoms with Crippen LogP contribution >= 0.6 is 0 Å². The first-order valence-electron chi connectivity index (χ1n) is 5.41. The highest BCUT2D eigenvalue weighted by Crippen LogP contribution is 2.21. The summed E-state index contributed by atoms with van der Waals surface area (Å²) in [6, 6.07) is 3.57. The minimum absolute atomic E-state index is 0.0291. The maximum Gasteiger partial charge on any atom is 0.256 e. The number of pyridine rings is 1. The molecule has 0 bridgehead atoms. The van der Waals surface area contributed by atoms with Crippen molar-refractivity contribution in [2.24, 2.45) is 0 Å². The molecule has 1 aliphatic heterocycles. The molecule has 4 heteroatoms. The van der Waals surface area contributed by atoms with Gasteiger partial charge in [-0.3, -0.25) is 9.78 Å². The lowest BCUT2D eigenvalue weighted by Gasteiger charge is -2.42. The average Bonchev–Trinajstić information content (AvgIpc) is 2.29. The Morgan fingerprint density at radius 2 is 2.38 bits per heavy atom. The molecular formula is C12H16N2O2. The molecule has 0 aliphatic carbocycles. The molecule has 0 unspecified atom stereocenters. The Balaban J connectivity index is 2.21. The Hall–Kier alpha value is -1.42. The Morgan fingerprint density at radius 3 is 3.00 bits per heavy atom. The van der Waals surface area contributed by atoms with Crippen LogP contribution in [0.15, 0.2) is 24.5 Å². The minimum Gasteiger partial charge on any atom is -0.377 e. The second-order valence-corrected chi connectivity index (χ2v) is 4.56. The Bertz CT molecular complexity index is 376. The van der Waals surface area contributed by atoms with Crippen molar-refractivity contribution in [3.8, 4) is 0 Å². The van der Waals surface area contributed by atoms with E-state index in [4.69, 9.17) is 4.74 Å². The zero-order valence-electron chi connectivity index (χ0n) is 9.64.